The Kier molecular flexibility index (Phi) is 73.9. The van der Waals surface area contributed by atoms with E-state index in [4.69, 9.17) is 24.3 Å². The van der Waals surface area contributed by atoms with E-state index < -0.39 is 26.5 Å². The number of hydrogen-bond donors (Lipinski definition) is 2. The lowest BCUT2D eigenvalue weighted by atomic mass is 10.0. The molecule has 2 unspecified atom stereocenters. The van der Waals surface area contributed by atoms with Crippen LogP contribution in [-0.2, 0) is 32.7 Å². The Morgan fingerprint density at radius 2 is 0.604 bits per heavy atom. The summed E-state index contributed by atoms with van der Waals surface area (Å²) < 4.78 is 33.3. The number of rotatable bonds is 74. The molecular weight excluding hydrogens is 1150 g/mol. The van der Waals surface area contributed by atoms with Crippen LogP contribution < -0.4 is 5.73 Å². The van der Waals surface area contributed by atoms with Gasteiger partial charge in [0.25, 0.3) is 0 Å². The van der Waals surface area contributed by atoms with Crippen LogP contribution in [0.1, 0.15) is 386 Å². The molecule has 0 aromatic rings. The first-order chi connectivity index (χ1) is 44.8. The molecule has 9 nitrogen and oxygen atoms in total. The largest absolute Gasteiger partial charge is 0.472 e. The number of ether oxygens (including phenoxy) is 2. The van der Waals surface area contributed by atoms with Crippen molar-refractivity contribution in [2.45, 2.75) is 392 Å². The van der Waals surface area contributed by atoms with Gasteiger partial charge in [0.15, 0.2) is 6.10 Å². The number of nitrogens with two attached hydrogens (primary N) is 1. The number of carbonyl (C=O) groups is 2. The van der Waals surface area contributed by atoms with Crippen LogP contribution in [0.5, 0.6) is 0 Å². The van der Waals surface area contributed by atoms with Crippen molar-refractivity contribution in [2.75, 3.05) is 26.4 Å². The fourth-order valence-electron chi connectivity index (χ4n) is 11.6. The van der Waals surface area contributed by atoms with Crippen LogP contribution in [0.3, 0.4) is 0 Å². The molecule has 0 radical (unpaired) electrons. The number of hydrogen-bond acceptors (Lipinski definition) is 8. The standard InChI is InChI=1S/C81H148NO8P/c1-3-5-7-9-11-13-15-17-19-21-23-25-27-29-31-33-34-35-36-37-38-39-40-41-42-43-44-46-48-50-52-54-56-58-60-62-64-66-68-70-72-74-81(84)90-79(78-89-91(85,86)88-76-75-82)77-87-80(83)73-71-69-67-65-63-61-59-57-55-53-51-49-47-45-32-30-28-26-24-22-20-18-16-14-12-10-8-6-4-2/h5,7,11,13,17,19,23,25,29,31,34-35,37-38,79H,3-4,6,8-10,12,14-16,18,20-22,24,26-28,30,32-33,36,39-78,82H2,1-2H3,(H,85,86)/b7-5-,13-11-,19-17-,25-23-,31-29-,35-34-,38-37-. The second-order valence-electron chi connectivity index (χ2n) is 26.2. The highest BCUT2D eigenvalue weighted by Crippen LogP contribution is 2.43. The van der Waals surface area contributed by atoms with Crippen molar-refractivity contribution in [3.63, 3.8) is 0 Å². The molecule has 0 aliphatic carbocycles. The zero-order valence-electron chi connectivity index (χ0n) is 59.8. The SMILES string of the molecule is CC/C=C\C/C=C\C/C=C\C/C=C\C/C=C\C/C=C\C/C=C\CCCCCCCCCCCCCCCCCCCCCC(=O)OC(COC(=O)CCCCCCCCCCCCCCCCCCCCCCCCCCCCCCC)COP(=O)(O)OCCN. The lowest BCUT2D eigenvalue weighted by molar-refractivity contribution is -0.161. The van der Waals surface area contributed by atoms with Crippen LogP contribution >= 0.6 is 7.82 Å². The highest BCUT2D eigenvalue weighted by atomic mass is 31.2. The summed E-state index contributed by atoms with van der Waals surface area (Å²) in [6, 6.07) is 0. The van der Waals surface area contributed by atoms with Crippen molar-refractivity contribution in [1.82, 2.24) is 0 Å². The monoisotopic (exact) mass is 1290 g/mol. The minimum Gasteiger partial charge on any atom is -0.462 e. The Labute approximate surface area is 564 Å². The topological polar surface area (TPSA) is 134 Å². The average Bonchev–Trinajstić information content (AvgIpc) is 3.74. The highest BCUT2D eigenvalue weighted by molar-refractivity contribution is 7.47. The van der Waals surface area contributed by atoms with Gasteiger partial charge in [-0.1, -0.05) is 388 Å². The van der Waals surface area contributed by atoms with Gasteiger partial charge in [-0.05, 0) is 70.6 Å². The Morgan fingerprint density at radius 3 is 0.901 bits per heavy atom. The van der Waals surface area contributed by atoms with Gasteiger partial charge < -0.3 is 20.1 Å². The molecule has 0 aliphatic rings. The molecule has 0 saturated heterocycles. The molecule has 3 N–H and O–H groups in total. The van der Waals surface area contributed by atoms with Gasteiger partial charge in [-0.25, -0.2) is 4.57 Å². The van der Waals surface area contributed by atoms with Crippen molar-refractivity contribution in [3.05, 3.63) is 85.1 Å². The molecule has 0 aliphatic heterocycles. The van der Waals surface area contributed by atoms with Crippen molar-refractivity contribution < 1.29 is 37.6 Å². The molecule has 2 atom stereocenters. The van der Waals surface area contributed by atoms with Crippen LogP contribution in [-0.4, -0.2) is 49.3 Å². The highest BCUT2D eigenvalue weighted by Gasteiger charge is 2.26. The predicted octanol–water partition coefficient (Wildman–Crippen LogP) is 26.1. The third kappa shape index (κ3) is 76.1. The Balaban J connectivity index is 3.79. The van der Waals surface area contributed by atoms with Gasteiger partial charge in [0.05, 0.1) is 13.2 Å². The summed E-state index contributed by atoms with van der Waals surface area (Å²) in [5, 5.41) is 0. The molecule has 530 valence electrons. The molecule has 0 heterocycles. The minimum absolute atomic E-state index is 0.0544. The Bertz CT molecular complexity index is 1770. The van der Waals surface area contributed by atoms with E-state index in [9.17, 15) is 19.0 Å². The summed E-state index contributed by atoms with van der Waals surface area (Å²) in [5.41, 5.74) is 5.41. The fraction of sp³-hybridized carbons (Fsp3) is 0.802. The van der Waals surface area contributed by atoms with Gasteiger partial charge >= 0.3 is 19.8 Å². The van der Waals surface area contributed by atoms with Gasteiger partial charge in [0, 0.05) is 19.4 Å². The van der Waals surface area contributed by atoms with Gasteiger partial charge in [-0.15, -0.1) is 0 Å². The lowest BCUT2D eigenvalue weighted by Gasteiger charge is -2.19. The van der Waals surface area contributed by atoms with Crippen molar-refractivity contribution in [3.8, 4) is 0 Å². The molecule has 10 heteroatoms. The van der Waals surface area contributed by atoms with E-state index in [1.165, 1.54) is 276 Å². The number of carbonyl (C=O) groups excluding carboxylic acids is 2. The predicted molar refractivity (Wildman–Crippen MR) is 395 cm³/mol. The summed E-state index contributed by atoms with van der Waals surface area (Å²) in [6.45, 7) is 3.70. The van der Waals surface area contributed by atoms with Crippen LogP contribution in [0.15, 0.2) is 85.1 Å². The molecule has 0 fully saturated rings. The first kappa shape index (κ1) is 88.2. The molecule has 0 amide bonds. The molecule has 91 heavy (non-hydrogen) atoms. The van der Waals surface area contributed by atoms with E-state index in [1.54, 1.807) is 0 Å². The van der Waals surface area contributed by atoms with Gasteiger partial charge in [0.1, 0.15) is 6.61 Å². The van der Waals surface area contributed by atoms with E-state index >= 15 is 0 Å². The number of esters is 2. The molecule has 0 saturated carbocycles. The van der Waals surface area contributed by atoms with E-state index in [2.05, 4.69) is 98.9 Å². The van der Waals surface area contributed by atoms with Crippen molar-refractivity contribution in [2.24, 2.45) is 5.73 Å². The van der Waals surface area contributed by atoms with Crippen molar-refractivity contribution >= 4 is 19.8 Å². The maximum absolute atomic E-state index is 12.8. The number of phosphoric ester groups is 1. The molecule has 0 bridgehead atoms. The third-order valence-corrected chi connectivity index (χ3v) is 18.3. The van der Waals surface area contributed by atoms with E-state index in [0.29, 0.717) is 6.42 Å². The first-order valence-electron chi connectivity index (χ1n) is 39.1. The second-order valence-corrected chi connectivity index (χ2v) is 27.7. The van der Waals surface area contributed by atoms with Crippen LogP contribution in [0, 0.1) is 0 Å². The van der Waals surface area contributed by atoms with Crippen LogP contribution in [0.2, 0.25) is 0 Å². The lowest BCUT2D eigenvalue weighted by Crippen LogP contribution is -2.29. The number of phosphoric acid groups is 1. The van der Waals surface area contributed by atoms with Crippen LogP contribution in [0.25, 0.3) is 0 Å². The quantitative estimate of drug-likeness (QED) is 0.0264. The third-order valence-electron chi connectivity index (χ3n) is 17.3. The Hall–Kier alpha value is -2.81. The Morgan fingerprint density at radius 1 is 0.341 bits per heavy atom. The van der Waals surface area contributed by atoms with Crippen molar-refractivity contribution in [1.29, 1.82) is 0 Å². The molecule has 0 spiro atoms. The molecular formula is C81H148NO8P. The van der Waals surface area contributed by atoms with Crippen LogP contribution in [0.4, 0.5) is 0 Å². The average molecular weight is 1300 g/mol. The molecule has 0 rings (SSSR count). The van der Waals surface area contributed by atoms with Gasteiger partial charge in [0.2, 0.25) is 0 Å². The number of unbranched alkanes of at least 4 members (excludes halogenated alkanes) is 47. The minimum atomic E-state index is -4.40. The zero-order chi connectivity index (χ0) is 65.8. The first-order valence-corrected chi connectivity index (χ1v) is 40.6. The summed E-state index contributed by atoms with van der Waals surface area (Å²) >= 11 is 0. The number of allylic oxidation sites excluding steroid dienone is 14. The summed E-state index contributed by atoms with van der Waals surface area (Å²) in [6.07, 6.45) is 103. The zero-order valence-corrected chi connectivity index (χ0v) is 60.7. The van der Waals surface area contributed by atoms with E-state index in [1.807, 2.05) is 0 Å². The molecule has 0 aromatic carbocycles. The fourth-order valence-corrected chi connectivity index (χ4v) is 12.3. The summed E-state index contributed by atoms with van der Waals surface area (Å²) in [4.78, 5) is 35.4. The summed E-state index contributed by atoms with van der Waals surface area (Å²) in [5.74, 6) is -0.806. The second kappa shape index (κ2) is 76.2. The van der Waals surface area contributed by atoms with Gasteiger partial charge in [-0.2, -0.15) is 0 Å². The molecule has 0 aromatic heterocycles. The normalized spacial score (nSPS) is 13.3. The van der Waals surface area contributed by atoms with E-state index in [-0.39, 0.29) is 38.6 Å². The maximum atomic E-state index is 12.8. The smallest absolute Gasteiger partial charge is 0.462 e. The van der Waals surface area contributed by atoms with E-state index in [0.717, 1.165) is 77.0 Å². The summed E-state index contributed by atoms with van der Waals surface area (Å²) in [7, 11) is -4.40. The maximum Gasteiger partial charge on any atom is 0.472 e. The van der Waals surface area contributed by atoms with Gasteiger partial charge in [-0.3, -0.25) is 18.6 Å².